The number of rotatable bonds is 5. The van der Waals surface area contributed by atoms with E-state index < -0.39 is 0 Å². The Morgan fingerprint density at radius 1 is 1.69 bits per heavy atom. The summed E-state index contributed by atoms with van der Waals surface area (Å²) in [5.74, 6) is 0.0613. The van der Waals surface area contributed by atoms with Crippen LogP contribution >= 0.6 is 0 Å². The van der Waals surface area contributed by atoms with Crippen LogP contribution in [0.3, 0.4) is 0 Å². The van der Waals surface area contributed by atoms with Crippen molar-refractivity contribution in [3.8, 4) is 0 Å². The Kier molecular flexibility index (Phi) is 3.89. The zero-order valence-corrected chi connectivity index (χ0v) is 9.83. The molecular weight excluding hydrogens is 208 g/mol. The smallest absolute Gasteiger partial charge is 0.269 e. The number of hydrogen-bond donors (Lipinski definition) is 3. The Balaban J connectivity index is 2.47. The highest BCUT2D eigenvalue weighted by Crippen LogP contribution is 2.07. The van der Waals surface area contributed by atoms with Gasteiger partial charge in [-0.2, -0.15) is 5.10 Å². The van der Waals surface area contributed by atoms with Gasteiger partial charge in [-0.05, 0) is 20.8 Å². The predicted octanol–water partition coefficient (Wildman–Crippen LogP) is 0.537. The number of H-pyrrole nitrogens is 1. The molecule has 0 atom stereocenters. The molecule has 16 heavy (non-hydrogen) atoms. The van der Waals surface area contributed by atoms with Crippen LogP contribution in [0.15, 0.2) is 6.07 Å². The Labute approximate surface area is 94.5 Å². The molecule has 1 heterocycles. The summed E-state index contributed by atoms with van der Waals surface area (Å²) in [5, 5.41) is 8.97. The number of aromatic nitrogens is 2. The van der Waals surface area contributed by atoms with Crippen molar-refractivity contribution in [3.63, 3.8) is 0 Å². The normalized spacial score (nSPS) is 11.4. The number of anilines is 1. The molecule has 0 unspecified atom stereocenters. The summed E-state index contributed by atoms with van der Waals surface area (Å²) in [6, 6.07) is 1.49. The minimum absolute atomic E-state index is 0.239. The first-order chi connectivity index (χ1) is 7.44. The lowest BCUT2D eigenvalue weighted by Crippen LogP contribution is -2.40. The van der Waals surface area contributed by atoms with E-state index >= 15 is 0 Å². The molecule has 1 amide bonds. The van der Waals surface area contributed by atoms with Crippen LogP contribution in [-0.4, -0.2) is 34.9 Å². The van der Waals surface area contributed by atoms with Crippen LogP contribution < -0.4 is 11.1 Å². The van der Waals surface area contributed by atoms with Crippen LogP contribution in [0.4, 0.5) is 5.82 Å². The van der Waals surface area contributed by atoms with Gasteiger partial charge in [-0.15, -0.1) is 0 Å². The van der Waals surface area contributed by atoms with E-state index in [9.17, 15) is 4.79 Å². The molecule has 1 rings (SSSR count). The molecule has 6 heteroatoms. The Morgan fingerprint density at radius 3 is 2.88 bits per heavy atom. The highest BCUT2D eigenvalue weighted by atomic mass is 16.5. The number of amides is 1. The van der Waals surface area contributed by atoms with Gasteiger partial charge in [0, 0.05) is 19.2 Å². The zero-order chi connectivity index (χ0) is 12.2. The van der Waals surface area contributed by atoms with E-state index in [1.807, 2.05) is 20.8 Å². The van der Waals surface area contributed by atoms with Gasteiger partial charge in [-0.3, -0.25) is 9.89 Å². The van der Waals surface area contributed by atoms with Crippen LogP contribution in [0, 0.1) is 0 Å². The maximum absolute atomic E-state index is 11.6. The first-order valence-corrected chi connectivity index (χ1v) is 5.17. The summed E-state index contributed by atoms with van der Waals surface area (Å²) in [6.45, 7) is 6.79. The van der Waals surface area contributed by atoms with Gasteiger partial charge in [0.15, 0.2) is 0 Å². The van der Waals surface area contributed by atoms with Gasteiger partial charge >= 0.3 is 0 Å². The van der Waals surface area contributed by atoms with Crippen LogP contribution in [0.2, 0.25) is 0 Å². The van der Waals surface area contributed by atoms with Crippen molar-refractivity contribution >= 4 is 11.7 Å². The molecule has 0 radical (unpaired) electrons. The zero-order valence-electron chi connectivity index (χ0n) is 9.83. The number of ether oxygens (including phenoxy) is 1. The first kappa shape index (κ1) is 12.5. The third-order valence-corrected chi connectivity index (χ3v) is 2.05. The molecule has 6 nitrogen and oxygen atoms in total. The lowest BCUT2D eigenvalue weighted by atomic mass is 10.1. The van der Waals surface area contributed by atoms with Gasteiger partial charge < -0.3 is 15.8 Å². The highest BCUT2D eigenvalue weighted by molar-refractivity contribution is 5.92. The molecule has 0 aliphatic carbocycles. The van der Waals surface area contributed by atoms with Crippen LogP contribution in [0.1, 0.15) is 31.3 Å². The summed E-state index contributed by atoms with van der Waals surface area (Å²) in [6.07, 6.45) is 0. The average Bonchev–Trinajstić information content (AvgIpc) is 2.61. The molecule has 0 bridgehead atoms. The first-order valence-electron chi connectivity index (χ1n) is 5.17. The molecule has 0 aliphatic heterocycles. The van der Waals surface area contributed by atoms with Crippen molar-refractivity contribution in [1.29, 1.82) is 0 Å². The summed E-state index contributed by atoms with van der Waals surface area (Å²) in [4.78, 5) is 11.6. The SMILES string of the molecule is CCOC(C)(C)CNC(=O)c1cc(N)n[nH]1. The number of carbonyl (C=O) groups is 1. The van der Waals surface area contributed by atoms with E-state index in [1.165, 1.54) is 6.07 Å². The fourth-order valence-corrected chi connectivity index (χ4v) is 1.28. The van der Waals surface area contributed by atoms with E-state index in [0.717, 1.165) is 0 Å². The van der Waals surface area contributed by atoms with E-state index in [-0.39, 0.29) is 11.5 Å². The van der Waals surface area contributed by atoms with E-state index in [2.05, 4.69) is 15.5 Å². The second-order valence-electron chi connectivity index (χ2n) is 4.08. The molecule has 4 N–H and O–H groups in total. The van der Waals surface area contributed by atoms with Crippen LogP contribution in [-0.2, 0) is 4.74 Å². The number of aromatic amines is 1. The van der Waals surface area contributed by atoms with Crippen molar-refractivity contribution < 1.29 is 9.53 Å². The largest absolute Gasteiger partial charge is 0.382 e. The number of nitrogens with zero attached hydrogens (tertiary/aromatic N) is 1. The Bertz CT molecular complexity index is 359. The Hall–Kier alpha value is -1.56. The summed E-state index contributed by atoms with van der Waals surface area (Å²) in [7, 11) is 0. The third-order valence-electron chi connectivity index (χ3n) is 2.05. The molecular formula is C10H18N4O2. The van der Waals surface area contributed by atoms with Gasteiger partial charge in [0.2, 0.25) is 0 Å². The topological polar surface area (TPSA) is 93.0 Å². The molecule has 0 saturated carbocycles. The number of hydrogen-bond acceptors (Lipinski definition) is 4. The molecule has 90 valence electrons. The molecule has 0 saturated heterocycles. The molecule has 1 aromatic rings. The second kappa shape index (κ2) is 4.98. The van der Waals surface area contributed by atoms with Gasteiger partial charge in [0.1, 0.15) is 11.5 Å². The minimum atomic E-state index is -0.379. The fourth-order valence-electron chi connectivity index (χ4n) is 1.28. The van der Waals surface area contributed by atoms with Gasteiger partial charge in [-0.25, -0.2) is 0 Å². The molecule has 0 aromatic carbocycles. The molecule has 0 fully saturated rings. The van der Waals surface area contributed by atoms with E-state index in [4.69, 9.17) is 10.5 Å². The number of carbonyl (C=O) groups excluding carboxylic acids is 1. The summed E-state index contributed by atoms with van der Waals surface area (Å²) >= 11 is 0. The lowest BCUT2D eigenvalue weighted by Gasteiger charge is -2.24. The summed E-state index contributed by atoms with van der Waals surface area (Å²) < 4.78 is 5.46. The maximum atomic E-state index is 11.6. The van der Waals surface area contributed by atoms with Gasteiger partial charge in [0.05, 0.1) is 5.60 Å². The highest BCUT2D eigenvalue weighted by Gasteiger charge is 2.19. The molecule has 0 aliphatic rings. The average molecular weight is 226 g/mol. The standard InChI is InChI=1S/C10H18N4O2/c1-4-16-10(2,3)6-12-9(15)7-5-8(11)14-13-7/h5H,4,6H2,1-3H3,(H,12,15)(H3,11,13,14). The predicted molar refractivity (Wildman–Crippen MR) is 61.0 cm³/mol. The van der Waals surface area contributed by atoms with Crippen molar-refractivity contribution in [2.75, 3.05) is 18.9 Å². The van der Waals surface area contributed by atoms with Gasteiger partial charge in [-0.1, -0.05) is 0 Å². The van der Waals surface area contributed by atoms with Crippen LogP contribution in [0.5, 0.6) is 0 Å². The minimum Gasteiger partial charge on any atom is -0.382 e. The second-order valence-corrected chi connectivity index (χ2v) is 4.08. The third kappa shape index (κ3) is 3.54. The number of nitrogen functional groups attached to an aromatic ring is 1. The Morgan fingerprint density at radius 2 is 2.38 bits per heavy atom. The van der Waals surface area contributed by atoms with Crippen molar-refractivity contribution in [1.82, 2.24) is 15.5 Å². The van der Waals surface area contributed by atoms with E-state index in [1.54, 1.807) is 0 Å². The van der Waals surface area contributed by atoms with Crippen LogP contribution in [0.25, 0.3) is 0 Å². The van der Waals surface area contributed by atoms with E-state index in [0.29, 0.717) is 24.7 Å². The molecule has 1 aromatic heterocycles. The van der Waals surface area contributed by atoms with Crippen molar-refractivity contribution in [2.45, 2.75) is 26.4 Å². The molecule has 0 spiro atoms. The number of nitrogens with one attached hydrogen (secondary N) is 2. The number of nitrogens with two attached hydrogens (primary N) is 1. The monoisotopic (exact) mass is 226 g/mol. The summed E-state index contributed by atoms with van der Waals surface area (Å²) in [5.41, 5.74) is 5.37. The fraction of sp³-hybridized carbons (Fsp3) is 0.600. The lowest BCUT2D eigenvalue weighted by molar-refractivity contribution is -0.00818. The van der Waals surface area contributed by atoms with Crippen molar-refractivity contribution in [3.05, 3.63) is 11.8 Å². The quantitative estimate of drug-likeness (QED) is 0.683. The maximum Gasteiger partial charge on any atom is 0.269 e. The van der Waals surface area contributed by atoms with Crippen molar-refractivity contribution in [2.24, 2.45) is 0 Å². The van der Waals surface area contributed by atoms with Gasteiger partial charge in [0.25, 0.3) is 5.91 Å².